The molecule has 3 unspecified atom stereocenters. The predicted octanol–water partition coefficient (Wildman–Crippen LogP) is 3.59. The van der Waals surface area contributed by atoms with E-state index in [4.69, 9.17) is 0 Å². The lowest BCUT2D eigenvalue weighted by Crippen LogP contribution is -2.26. The van der Waals surface area contributed by atoms with Crippen LogP contribution < -0.4 is 0 Å². The van der Waals surface area contributed by atoms with Gasteiger partial charge in [-0.25, -0.2) is 0 Å². The van der Waals surface area contributed by atoms with Gasteiger partial charge in [-0.05, 0) is 42.1 Å². The molecule has 0 heterocycles. The molecule has 68 valence electrons. The molecule has 3 atom stereocenters. The van der Waals surface area contributed by atoms with Crippen LogP contribution in [0.25, 0.3) is 0 Å². The molecule has 1 spiro atoms. The van der Waals surface area contributed by atoms with Crippen LogP contribution in [0.3, 0.4) is 0 Å². The lowest BCUT2D eigenvalue weighted by molar-refractivity contribution is 0.206. The van der Waals surface area contributed by atoms with Gasteiger partial charge in [-0.15, -0.1) is 0 Å². The number of rotatable bonds is 1. The van der Waals surface area contributed by atoms with E-state index in [1.165, 1.54) is 19.3 Å². The summed E-state index contributed by atoms with van der Waals surface area (Å²) in [4.78, 5) is 0. The van der Waals surface area contributed by atoms with Crippen molar-refractivity contribution in [1.82, 2.24) is 0 Å². The smallest absolute Gasteiger partial charge is 0.0102 e. The lowest BCUT2D eigenvalue weighted by Gasteiger charge is -2.39. The van der Waals surface area contributed by atoms with Crippen LogP contribution in [0, 0.1) is 11.3 Å². The van der Waals surface area contributed by atoms with Crippen LogP contribution in [0.4, 0.5) is 0 Å². The van der Waals surface area contributed by atoms with E-state index in [-0.39, 0.29) is 0 Å². The number of hydrogen-bond donors (Lipinski definition) is 0. The fourth-order valence-corrected chi connectivity index (χ4v) is 3.19. The van der Waals surface area contributed by atoms with Crippen molar-refractivity contribution >= 4 is 0 Å². The van der Waals surface area contributed by atoms with E-state index in [2.05, 4.69) is 37.3 Å². The summed E-state index contributed by atoms with van der Waals surface area (Å²) in [5, 5.41) is 0. The first-order valence-corrected chi connectivity index (χ1v) is 5.38. The van der Waals surface area contributed by atoms with Gasteiger partial charge in [0.1, 0.15) is 0 Å². The summed E-state index contributed by atoms with van der Waals surface area (Å²) >= 11 is 0. The molecule has 2 aliphatic carbocycles. The third-order valence-corrected chi connectivity index (χ3v) is 4.30. The minimum absolute atomic E-state index is 0.751. The Balaban J connectivity index is 1.88. The first-order valence-electron chi connectivity index (χ1n) is 5.38. The average molecular weight is 172 g/mol. The van der Waals surface area contributed by atoms with Gasteiger partial charge in [0.2, 0.25) is 0 Å². The molecule has 1 aromatic carbocycles. The van der Waals surface area contributed by atoms with Gasteiger partial charge in [0.25, 0.3) is 0 Å². The highest BCUT2D eigenvalue weighted by Gasteiger charge is 2.61. The molecule has 0 nitrogen and oxygen atoms in total. The van der Waals surface area contributed by atoms with E-state index in [0.29, 0.717) is 0 Å². The van der Waals surface area contributed by atoms with Gasteiger partial charge in [0, 0.05) is 0 Å². The molecule has 0 radical (unpaired) electrons. The lowest BCUT2D eigenvalue weighted by atomic mass is 9.66. The second kappa shape index (κ2) is 2.37. The Morgan fingerprint density at radius 2 is 1.92 bits per heavy atom. The molecule has 0 aliphatic heterocycles. The normalized spacial score (nSPS) is 41.6. The van der Waals surface area contributed by atoms with Crippen molar-refractivity contribution in [2.75, 3.05) is 0 Å². The van der Waals surface area contributed by atoms with Crippen molar-refractivity contribution in [2.45, 2.75) is 32.1 Å². The Kier molecular flexibility index (Phi) is 1.39. The third-order valence-electron chi connectivity index (χ3n) is 4.30. The summed E-state index contributed by atoms with van der Waals surface area (Å²) in [6.07, 6.45) is 4.38. The molecule has 2 saturated carbocycles. The summed E-state index contributed by atoms with van der Waals surface area (Å²) in [6, 6.07) is 11.1. The SMILES string of the molecule is CC1CC12CCC2c1ccccc1. The average Bonchev–Trinajstić information content (AvgIpc) is 2.80. The van der Waals surface area contributed by atoms with Gasteiger partial charge in [0.15, 0.2) is 0 Å². The zero-order valence-electron chi connectivity index (χ0n) is 8.16. The van der Waals surface area contributed by atoms with E-state index in [9.17, 15) is 0 Å². The summed E-state index contributed by atoms with van der Waals surface area (Å²) in [7, 11) is 0. The molecular weight excluding hydrogens is 156 g/mol. The van der Waals surface area contributed by atoms with Crippen LogP contribution in [0.15, 0.2) is 30.3 Å². The van der Waals surface area contributed by atoms with Gasteiger partial charge >= 0.3 is 0 Å². The summed E-state index contributed by atoms with van der Waals surface area (Å²) < 4.78 is 0. The van der Waals surface area contributed by atoms with Gasteiger partial charge in [-0.1, -0.05) is 37.3 Å². The van der Waals surface area contributed by atoms with Crippen LogP contribution in [0.5, 0.6) is 0 Å². The number of benzene rings is 1. The quantitative estimate of drug-likeness (QED) is 0.607. The molecule has 13 heavy (non-hydrogen) atoms. The van der Waals surface area contributed by atoms with E-state index in [1.807, 2.05) is 0 Å². The summed E-state index contributed by atoms with van der Waals surface area (Å²) in [5.41, 5.74) is 2.33. The van der Waals surface area contributed by atoms with Gasteiger partial charge in [-0.3, -0.25) is 0 Å². The first kappa shape index (κ1) is 7.61. The minimum atomic E-state index is 0.751. The van der Waals surface area contributed by atoms with Gasteiger partial charge in [-0.2, -0.15) is 0 Å². The fraction of sp³-hybridized carbons (Fsp3) is 0.538. The molecule has 2 aliphatic rings. The van der Waals surface area contributed by atoms with Crippen molar-refractivity contribution < 1.29 is 0 Å². The molecule has 0 aromatic heterocycles. The molecule has 0 amide bonds. The molecule has 3 rings (SSSR count). The highest BCUT2D eigenvalue weighted by Crippen LogP contribution is 2.71. The number of hydrogen-bond acceptors (Lipinski definition) is 0. The Labute approximate surface area is 80.0 Å². The Morgan fingerprint density at radius 3 is 2.38 bits per heavy atom. The predicted molar refractivity (Wildman–Crippen MR) is 54.6 cm³/mol. The fourth-order valence-electron chi connectivity index (χ4n) is 3.19. The van der Waals surface area contributed by atoms with Crippen LogP contribution in [-0.2, 0) is 0 Å². The third kappa shape index (κ3) is 0.919. The van der Waals surface area contributed by atoms with Crippen molar-refractivity contribution in [3.8, 4) is 0 Å². The minimum Gasteiger partial charge on any atom is -0.0622 e. The molecule has 2 fully saturated rings. The summed E-state index contributed by atoms with van der Waals surface area (Å²) in [5.74, 6) is 1.88. The molecule has 0 heteroatoms. The van der Waals surface area contributed by atoms with Crippen LogP contribution in [0.1, 0.15) is 37.7 Å². The van der Waals surface area contributed by atoms with Crippen LogP contribution in [-0.4, -0.2) is 0 Å². The Bertz CT molecular complexity index is 310. The maximum atomic E-state index is 2.41. The van der Waals surface area contributed by atoms with E-state index in [0.717, 1.165) is 17.3 Å². The molecule has 0 bridgehead atoms. The van der Waals surface area contributed by atoms with Gasteiger partial charge < -0.3 is 0 Å². The maximum absolute atomic E-state index is 2.41. The topological polar surface area (TPSA) is 0 Å². The Hall–Kier alpha value is -0.780. The van der Waals surface area contributed by atoms with Crippen molar-refractivity contribution in [3.63, 3.8) is 0 Å². The zero-order chi connectivity index (χ0) is 8.89. The van der Waals surface area contributed by atoms with Crippen molar-refractivity contribution in [1.29, 1.82) is 0 Å². The van der Waals surface area contributed by atoms with Crippen LogP contribution in [0.2, 0.25) is 0 Å². The van der Waals surface area contributed by atoms with Crippen molar-refractivity contribution in [2.24, 2.45) is 11.3 Å². The van der Waals surface area contributed by atoms with Gasteiger partial charge in [0.05, 0.1) is 0 Å². The molecule has 1 aromatic rings. The Morgan fingerprint density at radius 1 is 1.23 bits per heavy atom. The monoisotopic (exact) mass is 172 g/mol. The summed E-state index contributed by atoms with van der Waals surface area (Å²) in [6.45, 7) is 2.41. The molecule has 0 saturated heterocycles. The second-order valence-electron chi connectivity index (χ2n) is 4.84. The van der Waals surface area contributed by atoms with E-state index in [1.54, 1.807) is 5.56 Å². The molecule has 0 N–H and O–H groups in total. The highest BCUT2D eigenvalue weighted by atomic mass is 14.7. The largest absolute Gasteiger partial charge is 0.0622 e. The standard InChI is InChI=1S/C13H16/c1-10-9-13(10)8-7-12(13)11-5-3-2-4-6-11/h2-6,10,12H,7-9H2,1H3. The zero-order valence-corrected chi connectivity index (χ0v) is 8.16. The first-order chi connectivity index (χ1) is 6.33. The van der Waals surface area contributed by atoms with E-state index < -0.39 is 0 Å². The van der Waals surface area contributed by atoms with E-state index >= 15 is 0 Å². The maximum Gasteiger partial charge on any atom is -0.0102 e. The second-order valence-corrected chi connectivity index (χ2v) is 4.84. The van der Waals surface area contributed by atoms with Crippen molar-refractivity contribution in [3.05, 3.63) is 35.9 Å². The van der Waals surface area contributed by atoms with Crippen LogP contribution >= 0.6 is 0 Å². The highest BCUT2D eigenvalue weighted by molar-refractivity contribution is 5.29. The molecular formula is C13H16.